The number of nitrogen functional groups attached to an aromatic ring is 1. The lowest BCUT2D eigenvalue weighted by Crippen LogP contribution is -2.10. The number of thiazole rings is 1. The van der Waals surface area contributed by atoms with Crippen molar-refractivity contribution < 1.29 is 4.74 Å². The molecule has 0 bridgehead atoms. The van der Waals surface area contributed by atoms with Crippen molar-refractivity contribution in [2.45, 2.75) is 26.8 Å². The van der Waals surface area contributed by atoms with E-state index in [1.807, 2.05) is 13.8 Å². The first-order chi connectivity index (χ1) is 9.02. The maximum Gasteiger partial charge on any atom is 0.203 e. The molecule has 102 valence electrons. The van der Waals surface area contributed by atoms with Gasteiger partial charge in [0.2, 0.25) is 5.75 Å². The third-order valence-electron chi connectivity index (χ3n) is 2.72. The van der Waals surface area contributed by atoms with Gasteiger partial charge in [-0.3, -0.25) is 0 Å². The highest BCUT2D eigenvalue weighted by Gasteiger charge is 2.16. The van der Waals surface area contributed by atoms with Crippen LogP contribution < -0.4 is 15.8 Å². The second kappa shape index (κ2) is 5.40. The third kappa shape index (κ3) is 2.76. The number of aromatic nitrogens is 3. The molecule has 1 atom stereocenters. The Morgan fingerprint density at radius 2 is 2.11 bits per heavy atom. The van der Waals surface area contributed by atoms with Crippen LogP contribution in [0.1, 0.15) is 28.5 Å². The molecule has 0 saturated carbocycles. The topological polar surface area (TPSA) is 86.0 Å². The SMILES string of the molecule is COc1c(N)ncnc1NC(C)c1sc(C)nc1C. The Balaban J connectivity index is 2.26. The van der Waals surface area contributed by atoms with E-state index in [1.165, 1.54) is 11.2 Å². The Bertz CT molecular complexity index is 583. The number of nitrogens with zero attached hydrogens (tertiary/aromatic N) is 3. The average Bonchev–Trinajstić information content (AvgIpc) is 2.69. The van der Waals surface area contributed by atoms with Crippen molar-refractivity contribution >= 4 is 23.0 Å². The Hall–Kier alpha value is -1.89. The molecule has 2 aromatic rings. The average molecular weight is 279 g/mol. The van der Waals surface area contributed by atoms with Crippen molar-refractivity contribution in [3.05, 3.63) is 21.9 Å². The lowest BCUT2D eigenvalue weighted by atomic mass is 10.2. The molecule has 0 radical (unpaired) electrons. The van der Waals surface area contributed by atoms with E-state index in [9.17, 15) is 0 Å². The standard InChI is InChI=1S/C12H17N5OS/c1-6-10(19-8(3)16-6)7(2)17-12-9(18-4)11(13)14-5-15-12/h5,7H,1-4H3,(H3,13,14,15,17). The van der Waals surface area contributed by atoms with E-state index in [4.69, 9.17) is 10.5 Å². The Labute approximate surface area is 116 Å². The van der Waals surface area contributed by atoms with E-state index < -0.39 is 0 Å². The Morgan fingerprint density at radius 1 is 1.37 bits per heavy atom. The molecule has 0 aliphatic rings. The zero-order chi connectivity index (χ0) is 14.0. The number of methoxy groups -OCH3 is 1. The van der Waals surface area contributed by atoms with Gasteiger partial charge in [-0.2, -0.15) is 0 Å². The number of hydrogen-bond donors (Lipinski definition) is 2. The summed E-state index contributed by atoms with van der Waals surface area (Å²) in [5.74, 6) is 1.38. The van der Waals surface area contributed by atoms with Gasteiger partial charge in [0.05, 0.1) is 23.9 Å². The number of aryl methyl sites for hydroxylation is 2. The molecule has 7 heteroatoms. The van der Waals surface area contributed by atoms with E-state index in [1.54, 1.807) is 18.4 Å². The van der Waals surface area contributed by atoms with E-state index in [2.05, 4.69) is 27.2 Å². The molecular weight excluding hydrogens is 262 g/mol. The molecule has 0 spiro atoms. The van der Waals surface area contributed by atoms with Crippen molar-refractivity contribution in [1.82, 2.24) is 15.0 Å². The van der Waals surface area contributed by atoms with Gasteiger partial charge in [0, 0.05) is 4.88 Å². The summed E-state index contributed by atoms with van der Waals surface area (Å²) in [5, 5.41) is 4.34. The summed E-state index contributed by atoms with van der Waals surface area (Å²) in [7, 11) is 1.55. The molecule has 0 amide bonds. The van der Waals surface area contributed by atoms with Crippen LogP contribution in [0.5, 0.6) is 5.75 Å². The highest BCUT2D eigenvalue weighted by atomic mass is 32.1. The number of anilines is 2. The lowest BCUT2D eigenvalue weighted by molar-refractivity contribution is 0.415. The molecule has 2 aromatic heterocycles. The maximum absolute atomic E-state index is 5.75. The fraction of sp³-hybridized carbons (Fsp3) is 0.417. The normalized spacial score (nSPS) is 12.2. The molecule has 0 aromatic carbocycles. The zero-order valence-electron chi connectivity index (χ0n) is 11.4. The minimum atomic E-state index is 0.0781. The number of ether oxygens (including phenoxy) is 1. The molecule has 0 fully saturated rings. The van der Waals surface area contributed by atoms with Crippen LogP contribution in [0.4, 0.5) is 11.6 Å². The first-order valence-corrected chi connectivity index (χ1v) is 6.69. The Morgan fingerprint density at radius 3 is 2.68 bits per heavy atom. The summed E-state index contributed by atoms with van der Waals surface area (Å²) >= 11 is 1.67. The largest absolute Gasteiger partial charge is 0.490 e. The highest BCUT2D eigenvalue weighted by molar-refractivity contribution is 7.11. The minimum Gasteiger partial charge on any atom is -0.490 e. The van der Waals surface area contributed by atoms with Crippen molar-refractivity contribution in [1.29, 1.82) is 0 Å². The summed E-state index contributed by atoms with van der Waals surface area (Å²) in [5.41, 5.74) is 6.79. The predicted octanol–water partition coefficient (Wildman–Crippen LogP) is 2.31. The monoisotopic (exact) mass is 279 g/mol. The van der Waals surface area contributed by atoms with Gasteiger partial charge in [-0.15, -0.1) is 11.3 Å². The number of nitrogens with two attached hydrogens (primary N) is 1. The number of hydrogen-bond acceptors (Lipinski definition) is 7. The smallest absolute Gasteiger partial charge is 0.203 e. The van der Waals surface area contributed by atoms with Crippen LogP contribution in [0.3, 0.4) is 0 Å². The predicted molar refractivity (Wildman–Crippen MR) is 76.6 cm³/mol. The summed E-state index contributed by atoms with van der Waals surface area (Å²) in [4.78, 5) is 13.7. The second-order valence-corrected chi connectivity index (χ2v) is 5.42. The van der Waals surface area contributed by atoms with Crippen LogP contribution in [0.15, 0.2) is 6.33 Å². The molecule has 6 nitrogen and oxygen atoms in total. The van der Waals surface area contributed by atoms with E-state index in [0.29, 0.717) is 17.4 Å². The van der Waals surface area contributed by atoms with Crippen LogP contribution in [-0.2, 0) is 0 Å². The van der Waals surface area contributed by atoms with Crippen molar-refractivity contribution in [3.8, 4) is 5.75 Å². The molecule has 0 saturated heterocycles. The van der Waals surface area contributed by atoms with Crippen LogP contribution in [0.25, 0.3) is 0 Å². The van der Waals surface area contributed by atoms with Gasteiger partial charge >= 0.3 is 0 Å². The maximum atomic E-state index is 5.75. The highest BCUT2D eigenvalue weighted by Crippen LogP contribution is 2.32. The van der Waals surface area contributed by atoms with E-state index in [0.717, 1.165) is 10.7 Å². The first kappa shape index (κ1) is 13.5. The summed E-state index contributed by atoms with van der Waals surface area (Å²) in [6.45, 7) is 6.05. The van der Waals surface area contributed by atoms with Crippen molar-refractivity contribution in [2.75, 3.05) is 18.2 Å². The summed E-state index contributed by atoms with van der Waals surface area (Å²) in [6.07, 6.45) is 1.41. The Kier molecular flexibility index (Phi) is 3.84. The van der Waals surface area contributed by atoms with Crippen molar-refractivity contribution in [2.24, 2.45) is 0 Å². The molecule has 2 rings (SSSR count). The van der Waals surface area contributed by atoms with Crippen LogP contribution in [0, 0.1) is 13.8 Å². The first-order valence-electron chi connectivity index (χ1n) is 5.87. The van der Waals surface area contributed by atoms with Crippen LogP contribution in [0.2, 0.25) is 0 Å². The quantitative estimate of drug-likeness (QED) is 0.893. The molecule has 0 aliphatic carbocycles. The number of nitrogens with one attached hydrogen (secondary N) is 1. The van der Waals surface area contributed by atoms with Gasteiger partial charge in [-0.1, -0.05) is 0 Å². The number of rotatable bonds is 4. The van der Waals surface area contributed by atoms with Crippen LogP contribution >= 0.6 is 11.3 Å². The fourth-order valence-corrected chi connectivity index (χ4v) is 2.84. The van der Waals surface area contributed by atoms with E-state index in [-0.39, 0.29) is 6.04 Å². The van der Waals surface area contributed by atoms with Crippen molar-refractivity contribution in [3.63, 3.8) is 0 Å². The van der Waals surface area contributed by atoms with Gasteiger partial charge in [0.15, 0.2) is 11.6 Å². The lowest BCUT2D eigenvalue weighted by Gasteiger charge is -2.16. The molecule has 0 aliphatic heterocycles. The fourth-order valence-electron chi connectivity index (χ4n) is 1.91. The summed E-state index contributed by atoms with van der Waals surface area (Å²) < 4.78 is 5.22. The summed E-state index contributed by atoms with van der Waals surface area (Å²) in [6, 6.07) is 0.0781. The second-order valence-electron chi connectivity index (χ2n) is 4.19. The van der Waals surface area contributed by atoms with Gasteiger partial charge in [0.1, 0.15) is 6.33 Å². The van der Waals surface area contributed by atoms with E-state index >= 15 is 0 Å². The molecule has 3 N–H and O–H groups in total. The molecule has 1 unspecified atom stereocenters. The third-order valence-corrected chi connectivity index (χ3v) is 3.98. The molecular formula is C12H17N5OS. The minimum absolute atomic E-state index is 0.0781. The van der Waals surface area contributed by atoms with Gasteiger partial charge in [-0.05, 0) is 20.8 Å². The zero-order valence-corrected chi connectivity index (χ0v) is 12.2. The molecule has 2 heterocycles. The van der Waals surface area contributed by atoms with Gasteiger partial charge in [0.25, 0.3) is 0 Å². The van der Waals surface area contributed by atoms with Gasteiger partial charge in [-0.25, -0.2) is 15.0 Å². The molecule has 19 heavy (non-hydrogen) atoms. The van der Waals surface area contributed by atoms with Gasteiger partial charge < -0.3 is 15.8 Å². The van der Waals surface area contributed by atoms with Crippen LogP contribution in [-0.4, -0.2) is 22.1 Å².